The molecular formula is C16H25BrN2O. The van der Waals surface area contributed by atoms with Crippen LogP contribution in [-0.4, -0.2) is 33.4 Å². The monoisotopic (exact) mass is 340 g/mol. The maximum atomic E-state index is 5.57. The van der Waals surface area contributed by atoms with Crippen LogP contribution in [0.1, 0.15) is 25.3 Å². The first kappa shape index (κ1) is 15.8. The molecule has 1 aliphatic heterocycles. The van der Waals surface area contributed by atoms with E-state index < -0.39 is 0 Å². The van der Waals surface area contributed by atoms with Gasteiger partial charge in [0.25, 0.3) is 0 Å². The van der Waals surface area contributed by atoms with Crippen LogP contribution in [0.4, 0.5) is 5.69 Å². The molecule has 0 bridgehead atoms. The lowest BCUT2D eigenvalue weighted by molar-refractivity contribution is 0.0576. The summed E-state index contributed by atoms with van der Waals surface area (Å²) < 4.78 is 6.74. The first-order valence-corrected chi connectivity index (χ1v) is 8.28. The minimum Gasteiger partial charge on any atom is -0.381 e. The third kappa shape index (κ3) is 4.47. The lowest BCUT2D eigenvalue weighted by Gasteiger charge is -2.29. The normalized spacial score (nSPS) is 19.1. The van der Waals surface area contributed by atoms with E-state index in [1.165, 1.54) is 28.6 Å². The summed E-state index contributed by atoms with van der Waals surface area (Å²) in [4.78, 5) is 2.33. The van der Waals surface area contributed by atoms with Crippen molar-refractivity contribution in [3.8, 4) is 0 Å². The Hall–Kier alpha value is -0.580. The van der Waals surface area contributed by atoms with E-state index in [0.29, 0.717) is 5.92 Å². The lowest BCUT2D eigenvalue weighted by Crippen LogP contribution is -2.31. The smallest absolute Gasteiger partial charge is 0.0511 e. The van der Waals surface area contributed by atoms with E-state index in [0.717, 1.165) is 32.8 Å². The van der Waals surface area contributed by atoms with Gasteiger partial charge >= 0.3 is 0 Å². The largest absolute Gasteiger partial charge is 0.381 e. The van der Waals surface area contributed by atoms with Crippen molar-refractivity contribution in [1.29, 1.82) is 0 Å². The van der Waals surface area contributed by atoms with Crippen LogP contribution < -0.4 is 10.2 Å². The second kappa shape index (κ2) is 8.01. The Bertz CT molecular complexity index is 419. The van der Waals surface area contributed by atoms with Gasteiger partial charge in [-0.2, -0.15) is 0 Å². The number of rotatable bonds is 6. The summed E-state index contributed by atoms with van der Waals surface area (Å²) in [6.07, 6.45) is 2.47. The van der Waals surface area contributed by atoms with Crippen LogP contribution in [0.2, 0.25) is 0 Å². The van der Waals surface area contributed by atoms with E-state index in [-0.39, 0.29) is 0 Å². The number of ether oxygens (including phenoxy) is 1. The van der Waals surface area contributed by atoms with E-state index in [2.05, 4.69) is 58.3 Å². The molecular weight excluding hydrogens is 316 g/mol. The molecule has 1 aromatic carbocycles. The third-order valence-corrected chi connectivity index (χ3v) is 4.42. The van der Waals surface area contributed by atoms with Gasteiger partial charge in [0, 0.05) is 31.2 Å². The van der Waals surface area contributed by atoms with E-state index in [4.69, 9.17) is 4.74 Å². The minimum absolute atomic E-state index is 0.655. The summed E-state index contributed by atoms with van der Waals surface area (Å²) >= 11 is 3.70. The fraction of sp³-hybridized carbons (Fsp3) is 0.625. The van der Waals surface area contributed by atoms with Crippen molar-refractivity contribution in [1.82, 2.24) is 5.32 Å². The molecule has 1 aromatic rings. The van der Waals surface area contributed by atoms with Crippen molar-refractivity contribution >= 4 is 21.6 Å². The fourth-order valence-corrected chi connectivity index (χ4v) is 3.41. The van der Waals surface area contributed by atoms with E-state index in [1.54, 1.807) is 0 Å². The Labute approximate surface area is 130 Å². The van der Waals surface area contributed by atoms with Crippen LogP contribution in [0.15, 0.2) is 22.7 Å². The molecule has 1 unspecified atom stereocenters. The summed E-state index contributed by atoms with van der Waals surface area (Å²) in [5, 5.41) is 3.36. The zero-order valence-electron chi connectivity index (χ0n) is 12.5. The van der Waals surface area contributed by atoms with Gasteiger partial charge < -0.3 is 15.0 Å². The van der Waals surface area contributed by atoms with Gasteiger partial charge in [-0.3, -0.25) is 0 Å². The van der Waals surface area contributed by atoms with Gasteiger partial charge in [0.15, 0.2) is 0 Å². The van der Waals surface area contributed by atoms with Gasteiger partial charge in [-0.15, -0.1) is 0 Å². The molecule has 0 amide bonds. The third-order valence-electron chi connectivity index (χ3n) is 3.79. The molecule has 0 radical (unpaired) electrons. The quantitative estimate of drug-likeness (QED) is 0.858. The summed E-state index contributed by atoms with van der Waals surface area (Å²) in [6.45, 7) is 6.95. The molecule has 1 N–H and O–H groups in total. The molecule has 3 nitrogen and oxygen atoms in total. The molecule has 0 spiro atoms. The van der Waals surface area contributed by atoms with E-state index >= 15 is 0 Å². The Morgan fingerprint density at radius 2 is 2.30 bits per heavy atom. The first-order valence-electron chi connectivity index (χ1n) is 7.48. The van der Waals surface area contributed by atoms with Gasteiger partial charge in [-0.25, -0.2) is 0 Å². The van der Waals surface area contributed by atoms with Crippen LogP contribution in [0, 0.1) is 5.92 Å². The van der Waals surface area contributed by atoms with Gasteiger partial charge in [0.05, 0.1) is 12.3 Å². The molecule has 0 aliphatic carbocycles. The Morgan fingerprint density at radius 3 is 2.95 bits per heavy atom. The van der Waals surface area contributed by atoms with Crippen LogP contribution in [0.3, 0.4) is 0 Å². The Balaban J connectivity index is 1.96. The SMILES string of the molecule is CCNCc1ccc(N(C)CC2CCCOC2)c(Br)c1. The average molecular weight is 341 g/mol. The lowest BCUT2D eigenvalue weighted by atomic mass is 10.0. The Kier molecular flexibility index (Phi) is 6.33. The molecule has 1 atom stereocenters. The first-order chi connectivity index (χ1) is 9.70. The molecule has 20 heavy (non-hydrogen) atoms. The van der Waals surface area contributed by atoms with Gasteiger partial charge in [-0.1, -0.05) is 13.0 Å². The number of hydrogen-bond donors (Lipinski definition) is 1. The number of anilines is 1. The van der Waals surface area contributed by atoms with Crippen LogP contribution >= 0.6 is 15.9 Å². The standard InChI is InChI=1S/C16H25BrN2O/c1-3-18-10-13-6-7-16(15(17)9-13)19(2)11-14-5-4-8-20-12-14/h6-7,9,14,18H,3-5,8,10-12H2,1-2H3. The summed E-state index contributed by atoms with van der Waals surface area (Å²) in [6, 6.07) is 6.63. The Morgan fingerprint density at radius 1 is 1.45 bits per heavy atom. The maximum absolute atomic E-state index is 5.57. The van der Waals surface area contributed by atoms with Crippen LogP contribution in [0.5, 0.6) is 0 Å². The highest BCUT2D eigenvalue weighted by molar-refractivity contribution is 9.10. The number of nitrogens with one attached hydrogen (secondary N) is 1. The molecule has 1 heterocycles. The van der Waals surface area contributed by atoms with E-state index in [9.17, 15) is 0 Å². The van der Waals surface area contributed by atoms with Crippen LogP contribution in [0.25, 0.3) is 0 Å². The number of halogens is 1. The molecule has 1 fully saturated rings. The van der Waals surface area contributed by atoms with Crippen molar-refractivity contribution < 1.29 is 4.74 Å². The molecule has 0 aromatic heterocycles. The minimum atomic E-state index is 0.655. The molecule has 1 aliphatic rings. The highest BCUT2D eigenvalue weighted by Gasteiger charge is 2.17. The number of hydrogen-bond acceptors (Lipinski definition) is 3. The molecule has 4 heteroatoms. The summed E-state index contributed by atoms with van der Waals surface area (Å²) in [5.41, 5.74) is 2.58. The summed E-state index contributed by atoms with van der Waals surface area (Å²) in [7, 11) is 2.17. The van der Waals surface area contributed by atoms with Crippen LogP contribution in [-0.2, 0) is 11.3 Å². The molecule has 0 saturated carbocycles. The van der Waals surface area contributed by atoms with Crippen molar-refractivity contribution in [2.75, 3.05) is 38.3 Å². The van der Waals surface area contributed by atoms with Crippen molar-refractivity contribution in [2.45, 2.75) is 26.3 Å². The van der Waals surface area contributed by atoms with Gasteiger partial charge in [0.2, 0.25) is 0 Å². The second-order valence-electron chi connectivity index (χ2n) is 5.53. The number of nitrogens with zero attached hydrogens (tertiary/aromatic N) is 1. The van der Waals surface area contributed by atoms with Gasteiger partial charge in [-0.05, 0) is 58.9 Å². The van der Waals surface area contributed by atoms with E-state index in [1.807, 2.05) is 0 Å². The van der Waals surface area contributed by atoms with Crippen molar-refractivity contribution in [3.63, 3.8) is 0 Å². The highest BCUT2D eigenvalue weighted by atomic mass is 79.9. The average Bonchev–Trinajstić information content (AvgIpc) is 2.46. The second-order valence-corrected chi connectivity index (χ2v) is 6.38. The predicted molar refractivity (Wildman–Crippen MR) is 88.3 cm³/mol. The molecule has 2 rings (SSSR count). The highest BCUT2D eigenvalue weighted by Crippen LogP contribution is 2.28. The van der Waals surface area contributed by atoms with Gasteiger partial charge in [0.1, 0.15) is 0 Å². The predicted octanol–water partition coefficient (Wildman–Crippen LogP) is 3.42. The van der Waals surface area contributed by atoms with Crippen molar-refractivity contribution in [2.24, 2.45) is 5.92 Å². The summed E-state index contributed by atoms with van der Waals surface area (Å²) in [5.74, 6) is 0.655. The fourth-order valence-electron chi connectivity index (χ4n) is 2.68. The number of benzene rings is 1. The zero-order chi connectivity index (χ0) is 14.4. The van der Waals surface area contributed by atoms with Crippen molar-refractivity contribution in [3.05, 3.63) is 28.2 Å². The topological polar surface area (TPSA) is 24.5 Å². The maximum Gasteiger partial charge on any atom is 0.0511 e. The molecule has 112 valence electrons. The zero-order valence-corrected chi connectivity index (χ0v) is 14.1. The molecule has 1 saturated heterocycles.